The fourth-order valence-electron chi connectivity index (χ4n) is 2.19. The molecular formula is C15H21N3O3. The van der Waals surface area contributed by atoms with Crippen molar-refractivity contribution in [3.05, 3.63) is 24.3 Å². The Balaban J connectivity index is 1.85. The first kappa shape index (κ1) is 15.3. The molecule has 0 unspecified atom stereocenters. The zero-order chi connectivity index (χ0) is 15.1. The minimum Gasteiger partial charge on any atom is -0.482 e. The monoisotopic (exact) mass is 291 g/mol. The van der Waals surface area contributed by atoms with Crippen LogP contribution in [0.3, 0.4) is 0 Å². The van der Waals surface area contributed by atoms with E-state index in [-0.39, 0.29) is 18.4 Å². The molecule has 1 heterocycles. The molecule has 6 nitrogen and oxygen atoms in total. The number of para-hydroxylation sites is 2. The van der Waals surface area contributed by atoms with Gasteiger partial charge in [0, 0.05) is 19.5 Å². The first-order chi connectivity index (χ1) is 10.2. The van der Waals surface area contributed by atoms with Gasteiger partial charge in [0.25, 0.3) is 5.91 Å². The van der Waals surface area contributed by atoms with E-state index in [4.69, 9.17) is 4.74 Å². The Kier molecular flexibility index (Phi) is 5.57. The average molecular weight is 291 g/mol. The van der Waals surface area contributed by atoms with Crippen LogP contribution in [0.1, 0.15) is 12.8 Å². The predicted octanol–water partition coefficient (Wildman–Crippen LogP) is 0.528. The molecule has 1 aromatic rings. The minimum atomic E-state index is -0.114. The number of ether oxygens (including phenoxy) is 1. The Morgan fingerprint density at radius 1 is 1.33 bits per heavy atom. The van der Waals surface area contributed by atoms with Crippen LogP contribution in [-0.2, 0) is 9.59 Å². The van der Waals surface area contributed by atoms with Crippen molar-refractivity contribution in [2.45, 2.75) is 12.8 Å². The molecule has 0 fully saturated rings. The van der Waals surface area contributed by atoms with Gasteiger partial charge in [0.15, 0.2) is 6.61 Å². The lowest BCUT2D eigenvalue weighted by Gasteiger charge is -2.29. The van der Waals surface area contributed by atoms with Crippen LogP contribution < -0.4 is 20.3 Å². The molecule has 2 amide bonds. The molecule has 114 valence electrons. The molecule has 0 aromatic heterocycles. The summed E-state index contributed by atoms with van der Waals surface area (Å²) in [5, 5.41) is 5.87. The number of nitrogens with one attached hydrogen (secondary N) is 2. The number of nitrogens with zero attached hydrogens (tertiary/aromatic N) is 1. The normalized spacial score (nSPS) is 13.6. The van der Waals surface area contributed by atoms with Crippen LogP contribution in [0.2, 0.25) is 0 Å². The highest BCUT2D eigenvalue weighted by Gasteiger charge is 2.25. The standard InChI is InChI=1S/C15H21N3O3/c1-16-8-4-9-17-14(19)7-10-18-12-5-2-3-6-13(12)21-11-15(18)20/h2-3,5-6,16H,4,7-11H2,1H3,(H,17,19). The smallest absolute Gasteiger partial charge is 0.265 e. The van der Waals surface area contributed by atoms with E-state index in [1.54, 1.807) is 4.90 Å². The summed E-state index contributed by atoms with van der Waals surface area (Å²) in [7, 11) is 1.88. The summed E-state index contributed by atoms with van der Waals surface area (Å²) >= 11 is 0. The van der Waals surface area contributed by atoms with E-state index in [2.05, 4.69) is 10.6 Å². The molecular weight excluding hydrogens is 270 g/mol. The number of fused-ring (bicyclic) bond motifs is 1. The van der Waals surface area contributed by atoms with Crippen LogP contribution in [0.25, 0.3) is 0 Å². The molecule has 0 bridgehead atoms. The van der Waals surface area contributed by atoms with Gasteiger partial charge in [-0.2, -0.15) is 0 Å². The third-order valence-corrected chi connectivity index (χ3v) is 3.30. The number of hydrogen-bond acceptors (Lipinski definition) is 4. The molecule has 2 N–H and O–H groups in total. The molecule has 6 heteroatoms. The summed E-state index contributed by atoms with van der Waals surface area (Å²) in [6.45, 7) is 1.92. The highest BCUT2D eigenvalue weighted by molar-refractivity contribution is 5.98. The Hall–Kier alpha value is -2.08. The van der Waals surface area contributed by atoms with Crippen LogP contribution in [0.4, 0.5) is 5.69 Å². The SMILES string of the molecule is CNCCCNC(=O)CCN1C(=O)COc2ccccc21. The van der Waals surface area contributed by atoms with Gasteiger partial charge in [-0.15, -0.1) is 0 Å². The van der Waals surface area contributed by atoms with Crippen molar-refractivity contribution in [2.75, 3.05) is 38.2 Å². The first-order valence-electron chi connectivity index (χ1n) is 7.16. The lowest BCUT2D eigenvalue weighted by molar-refractivity contribution is -0.122. The van der Waals surface area contributed by atoms with Crippen molar-refractivity contribution in [2.24, 2.45) is 0 Å². The zero-order valence-electron chi connectivity index (χ0n) is 12.2. The van der Waals surface area contributed by atoms with Gasteiger partial charge in [-0.3, -0.25) is 9.59 Å². The summed E-state index contributed by atoms with van der Waals surface area (Å²) in [4.78, 5) is 25.3. The maximum Gasteiger partial charge on any atom is 0.265 e. The minimum absolute atomic E-state index is 0.0286. The second-order valence-corrected chi connectivity index (χ2v) is 4.86. The molecule has 0 spiro atoms. The van der Waals surface area contributed by atoms with Gasteiger partial charge in [0.2, 0.25) is 5.91 Å². The van der Waals surface area contributed by atoms with E-state index in [1.165, 1.54) is 0 Å². The predicted molar refractivity (Wildman–Crippen MR) is 80.5 cm³/mol. The van der Waals surface area contributed by atoms with Gasteiger partial charge < -0.3 is 20.3 Å². The molecule has 0 saturated carbocycles. The fourth-order valence-corrected chi connectivity index (χ4v) is 2.19. The van der Waals surface area contributed by atoms with Crippen molar-refractivity contribution in [3.8, 4) is 5.75 Å². The molecule has 2 rings (SSSR count). The van der Waals surface area contributed by atoms with Crippen LogP contribution in [0.15, 0.2) is 24.3 Å². The number of rotatable bonds is 7. The molecule has 1 aromatic carbocycles. The largest absolute Gasteiger partial charge is 0.482 e. The van der Waals surface area contributed by atoms with Crippen molar-refractivity contribution in [1.82, 2.24) is 10.6 Å². The Morgan fingerprint density at radius 3 is 2.95 bits per heavy atom. The molecule has 0 atom stereocenters. The van der Waals surface area contributed by atoms with Gasteiger partial charge in [-0.1, -0.05) is 12.1 Å². The highest BCUT2D eigenvalue weighted by atomic mass is 16.5. The number of benzene rings is 1. The summed E-state index contributed by atoms with van der Waals surface area (Å²) in [5.41, 5.74) is 0.733. The number of carbonyl (C=O) groups is 2. The zero-order valence-corrected chi connectivity index (χ0v) is 12.2. The molecule has 0 radical (unpaired) electrons. The van der Waals surface area contributed by atoms with E-state index in [0.717, 1.165) is 18.7 Å². The molecule has 21 heavy (non-hydrogen) atoms. The quantitative estimate of drug-likeness (QED) is 0.719. The van der Waals surface area contributed by atoms with E-state index in [1.807, 2.05) is 31.3 Å². The third kappa shape index (κ3) is 4.19. The molecule has 1 aliphatic heterocycles. The maximum atomic E-state index is 11.9. The Bertz CT molecular complexity index is 505. The number of amides is 2. The summed E-state index contributed by atoms with van der Waals surface area (Å²) in [5.74, 6) is 0.533. The van der Waals surface area contributed by atoms with E-state index in [0.29, 0.717) is 25.3 Å². The van der Waals surface area contributed by atoms with Crippen molar-refractivity contribution in [1.29, 1.82) is 0 Å². The van der Waals surface area contributed by atoms with Crippen molar-refractivity contribution in [3.63, 3.8) is 0 Å². The van der Waals surface area contributed by atoms with Crippen LogP contribution in [0.5, 0.6) is 5.75 Å². The molecule has 0 aliphatic carbocycles. The van der Waals surface area contributed by atoms with Gasteiger partial charge in [-0.05, 0) is 32.1 Å². The lowest BCUT2D eigenvalue weighted by Crippen LogP contribution is -2.41. The molecule has 0 saturated heterocycles. The van der Waals surface area contributed by atoms with Gasteiger partial charge >= 0.3 is 0 Å². The third-order valence-electron chi connectivity index (χ3n) is 3.30. The number of hydrogen-bond donors (Lipinski definition) is 2. The van der Waals surface area contributed by atoms with E-state index < -0.39 is 0 Å². The van der Waals surface area contributed by atoms with Gasteiger partial charge in [0.05, 0.1) is 5.69 Å². The highest BCUT2D eigenvalue weighted by Crippen LogP contribution is 2.31. The van der Waals surface area contributed by atoms with Crippen LogP contribution in [0, 0.1) is 0 Å². The van der Waals surface area contributed by atoms with Crippen LogP contribution in [-0.4, -0.2) is 45.1 Å². The van der Waals surface area contributed by atoms with E-state index in [9.17, 15) is 9.59 Å². The summed E-state index contributed by atoms with van der Waals surface area (Å²) in [6, 6.07) is 7.37. The summed E-state index contributed by atoms with van der Waals surface area (Å²) in [6.07, 6.45) is 1.18. The second-order valence-electron chi connectivity index (χ2n) is 4.86. The Morgan fingerprint density at radius 2 is 2.14 bits per heavy atom. The van der Waals surface area contributed by atoms with Crippen molar-refractivity contribution < 1.29 is 14.3 Å². The molecule has 1 aliphatic rings. The lowest BCUT2D eigenvalue weighted by atomic mass is 10.2. The van der Waals surface area contributed by atoms with Crippen LogP contribution >= 0.6 is 0 Å². The second kappa shape index (κ2) is 7.64. The average Bonchev–Trinajstić information content (AvgIpc) is 2.50. The maximum absolute atomic E-state index is 11.9. The number of anilines is 1. The van der Waals surface area contributed by atoms with E-state index >= 15 is 0 Å². The van der Waals surface area contributed by atoms with Crippen molar-refractivity contribution >= 4 is 17.5 Å². The number of carbonyl (C=O) groups excluding carboxylic acids is 2. The van der Waals surface area contributed by atoms with Gasteiger partial charge in [0.1, 0.15) is 5.75 Å². The first-order valence-corrected chi connectivity index (χ1v) is 7.16. The topological polar surface area (TPSA) is 70.7 Å². The van der Waals surface area contributed by atoms with Gasteiger partial charge in [-0.25, -0.2) is 0 Å². The fraction of sp³-hybridized carbons (Fsp3) is 0.467. The Labute approximate surface area is 124 Å². The summed E-state index contributed by atoms with van der Waals surface area (Å²) < 4.78 is 5.37.